The number of amides is 1. The van der Waals surface area contributed by atoms with Crippen molar-refractivity contribution in [2.24, 2.45) is 0 Å². The highest BCUT2D eigenvalue weighted by molar-refractivity contribution is 7.99. The van der Waals surface area contributed by atoms with Crippen LogP contribution in [-0.2, 0) is 4.79 Å². The Morgan fingerprint density at radius 3 is 2.19 bits per heavy atom. The molecule has 1 heterocycles. The molecule has 2 aromatic carbocycles. The lowest BCUT2D eigenvalue weighted by atomic mass is 9.99. The van der Waals surface area contributed by atoms with Crippen LogP contribution in [0.2, 0.25) is 0 Å². The first kappa shape index (κ1) is 18.7. The van der Waals surface area contributed by atoms with Crippen molar-refractivity contribution in [1.29, 1.82) is 0 Å². The highest BCUT2D eigenvalue weighted by Gasteiger charge is 2.17. The molecule has 0 aliphatic carbocycles. The van der Waals surface area contributed by atoms with Crippen LogP contribution in [0.5, 0.6) is 0 Å². The van der Waals surface area contributed by atoms with Gasteiger partial charge >= 0.3 is 0 Å². The minimum absolute atomic E-state index is 0.0601. The second-order valence-corrected chi connectivity index (χ2v) is 6.80. The molecule has 0 unspecified atom stereocenters. The van der Waals surface area contributed by atoms with E-state index in [0.717, 1.165) is 27.6 Å². The number of hydrogen-bond donors (Lipinski definition) is 2. The largest absolute Gasteiger partial charge is 0.344 e. The summed E-state index contributed by atoms with van der Waals surface area (Å²) in [6.07, 6.45) is 0. The predicted octanol–water partition coefficient (Wildman–Crippen LogP) is 1.66. The van der Waals surface area contributed by atoms with Crippen LogP contribution >= 0.6 is 11.8 Å². The van der Waals surface area contributed by atoms with Crippen molar-refractivity contribution < 1.29 is 4.79 Å². The van der Waals surface area contributed by atoms with E-state index in [-0.39, 0.29) is 28.6 Å². The minimum atomic E-state index is -0.431. The van der Waals surface area contributed by atoms with E-state index in [1.807, 2.05) is 60.7 Å². The molecule has 0 fully saturated rings. The zero-order valence-corrected chi connectivity index (χ0v) is 15.5. The Morgan fingerprint density at radius 1 is 1.07 bits per heavy atom. The maximum Gasteiger partial charge on any atom is 0.294 e. The molecule has 7 nitrogen and oxygen atoms in total. The minimum Gasteiger partial charge on any atom is -0.344 e. The molecule has 0 aliphatic heterocycles. The molecule has 0 radical (unpaired) electrons. The number of rotatable bonds is 6. The quantitative estimate of drug-likeness (QED) is 0.497. The van der Waals surface area contributed by atoms with E-state index in [9.17, 15) is 9.59 Å². The number of benzene rings is 2. The Hall–Kier alpha value is -3.13. The first-order chi connectivity index (χ1) is 13.1. The number of carbonyl (C=O) groups excluding carboxylic acids is 1. The van der Waals surface area contributed by atoms with Gasteiger partial charge in [-0.2, -0.15) is 4.68 Å². The van der Waals surface area contributed by atoms with Crippen LogP contribution in [0.3, 0.4) is 0 Å². The van der Waals surface area contributed by atoms with E-state index in [0.29, 0.717) is 0 Å². The molecule has 0 spiro atoms. The lowest BCUT2D eigenvalue weighted by Gasteiger charge is -2.20. The van der Waals surface area contributed by atoms with Crippen LogP contribution < -0.4 is 16.7 Å². The van der Waals surface area contributed by atoms with Gasteiger partial charge < -0.3 is 11.2 Å². The topological polar surface area (TPSA) is 103 Å². The number of aromatic nitrogens is 3. The van der Waals surface area contributed by atoms with Gasteiger partial charge in [0.05, 0.1) is 11.8 Å². The number of carbonyl (C=O) groups is 1. The smallest absolute Gasteiger partial charge is 0.294 e. The Morgan fingerprint density at radius 2 is 1.63 bits per heavy atom. The van der Waals surface area contributed by atoms with Gasteiger partial charge in [-0.15, -0.1) is 10.2 Å². The zero-order valence-electron chi connectivity index (χ0n) is 14.7. The summed E-state index contributed by atoms with van der Waals surface area (Å²) in [5.41, 5.74) is 1.74. The molecule has 1 aromatic heterocycles. The summed E-state index contributed by atoms with van der Waals surface area (Å²) in [5.74, 6) is 5.56. The van der Waals surface area contributed by atoms with Crippen molar-refractivity contribution in [3.8, 4) is 0 Å². The number of thioether (sulfide) groups is 1. The molecule has 8 heteroatoms. The van der Waals surface area contributed by atoms with Gasteiger partial charge in [0, 0.05) is 0 Å². The average Bonchev–Trinajstić information content (AvgIpc) is 2.71. The summed E-state index contributed by atoms with van der Waals surface area (Å²) < 4.78 is 0.909. The molecule has 138 valence electrons. The number of nitrogens with one attached hydrogen (secondary N) is 1. The van der Waals surface area contributed by atoms with Gasteiger partial charge in [-0.3, -0.25) is 9.59 Å². The van der Waals surface area contributed by atoms with Gasteiger partial charge in [0.15, 0.2) is 0 Å². The monoisotopic (exact) mass is 381 g/mol. The van der Waals surface area contributed by atoms with Crippen molar-refractivity contribution in [2.45, 2.75) is 18.1 Å². The summed E-state index contributed by atoms with van der Waals surface area (Å²) in [5, 5.41) is 10.9. The van der Waals surface area contributed by atoms with Crippen LogP contribution in [0, 0.1) is 6.92 Å². The van der Waals surface area contributed by atoms with E-state index < -0.39 is 5.56 Å². The lowest BCUT2D eigenvalue weighted by molar-refractivity contribution is -0.119. The summed E-state index contributed by atoms with van der Waals surface area (Å²) in [4.78, 5) is 24.3. The van der Waals surface area contributed by atoms with E-state index in [4.69, 9.17) is 5.84 Å². The Labute approximate surface area is 160 Å². The lowest BCUT2D eigenvalue weighted by Crippen LogP contribution is -2.34. The standard InChI is InChI=1S/C19H19N5O2S/c1-13-18(26)24(20)19(23-22-13)27-12-16(25)21-17(14-8-4-2-5-9-14)15-10-6-3-7-11-15/h2-11,17H,12,20H2,1H3,(H,21,25). The number of aryl methyl sites for hydroxylation is 1. The first-order valence-electron chi connectivity index (χ1n) is 8.29. The summed E-state index contributed by atoms with van der Waals surface area (Å²) in [6.45, 7) is 1.53. The Kier molecular flexibility index (Phi) is 5.87. The maximum atomic E-state index is 12.5. The summed E-state index contributed by atoms with van der Waals surface area (Å²) in [7, 11) is 0. The fraction of sp³-hybridized carbons (Fsp3) is 0.158. The third kappa shape index (κ3) is 4.53. The SMILES string of the molecule is Cc1nnc(SCC(=O)NC(c2ccccc2)c2ccccc2)n(N)c1=O. The third-order valence-electron chi connectivity index (χ3n) is 3.92. The second kappa shape index (κ2) is 8.50. The van der Waals surface area contributed by atoms with E-state index in [1.54, 1.807) is 0 Å². The molecule has 3 N–H and O–H groups in total. The number of nitrogen functional groups attached to an aromatic ring is 1. The first-order valence-corrected chi connectivity index (χ1v) is 9.28. The van der Waals surface area contributed by atoms with E-state index >= 15 is 0 Å². The molecular weight excluding hydrogens is 362 g/mol. The molecule has 3 rings (SSSR count). The second-order valence-electron chi connectivity index (χ2n) is 5.85. The van der Waals surface area contributed by atoms with Crippen molar-refractivity contribution in [2.75, 3.05) is 11.6 Å². The molecule has 0 atom stereocenters. The van der Waals surface area contributed by atoms with Crippen molar-refractivity contribution in [3.05, 3.63) is 87.8 Å². The fourth-order valence-electron chi connectivity index (χ4n) is 2.55. The van der Waals surface area contributed by atoms with E-state index in [2.05, 4.69) is 15.5 Å². The number of nitrogens with two attached hydrogens (primary N) is 1. The Balaban J connectivity index is 1.74. The van der Waals surface area contributed by atoms with E-state index in [1.165, 1.54) is 6.92 Å². The van der Waals surface area contributed by atoms with Gasteiger partial charge in [-0.25, -0.2) is 0 Å². The third-order valence-corrected chi connectivity index (χ3v) is 4.87. The average molecular weight is 381 g/mol. The number of nitrogens with zero attached hydrogens (tertiary/aromatic N) is 3. The molecule has 0 saturated heterocycles. The van der Waals surface area contributed by atoms with Crippen molar-refractivity contribution in [1.82, 2.24) is 20.2 Å². The highest BCUT2D eigenvalue weighted by atomic mass is 32.2. The van der Waals surface area contributed by atoms with Gasteiger partial charge in [0.2, 0.25) is 11.1 Å². The van der Waals surface area contributed by atoms with Crippen LogP contribution in [0.25, 0.3) is 0 Å². The molecule has 0 aliphatic rings. The predicted molar refractivity (Wildman–Crippen MR) is 105 cm³/mol. The molecular formula is C19H19N5O2S. The van der Waals surface area contributed by atoms with Crippen molar-refractivity contribution >= 4 is 17.7 Å². The van der Waals surface area contributed by atoms with Crippen LogP contribution in [0.4, 0.5) is 0 Å². The van der Waals surface area contributed by atoms with Crippen LogP contribution in [-0.4, -0.2) is 26.5 Å². The number of hydrogen-bond acceptors (Lipinski definition) is 6. The van der Waals surface area contributed by atoms with Gasteiger partial charge in [-0.05, 0) is 18.1 Å². The zero-order chi connectivity index (χ0) is 19.2. The summed E-state index contributed by atoms with van der Waals surface area (Å²) in [6, 6.07) is 19.2. The maximum absolute atomic E-state index is 12.5. The molecule has 0 bridgehead atoms. The van der Waals surface area contributed by atoms with Gasteiger partial charge in [-0.1, -0.05) is 72.4 Å². The summed E-state index contributed by atoms with van der Waals surface area (Å²) >= 11 is 1.06. The molecule has 27 heavy (non-hydrogen) atoms. The van der Waals surface area contributed by atoms with Crippen LogP contribution in [0.1, 0.15) is 22.9 Å². The molecule has 0 saturated carbocycles. The van der Waals surface area contributed by atoms with Gasteiger partial charge in [0.25, 0.3) is 5.56 Å². The molecule has 1 amide bonds. The fourth-order valence-corrected chi connectivity index (χ4v) is 3.22. The Bertz CT molecular complexity index is 937. The van der Waals surface area contributed by atoms with Gasteiger partial charge in [0.1, 0.15) is 5.69 Å². The van der Waals surface area contributed by atoms with Crippen molar-refractivity contribution in [3.63, 3.8) is 0 Å². The normalized spacial score (nSPS) is 10.7. The highest BCUT2D eigenvalue weighted by Crippen LogP contribution is 2.22. The molecule has 3 aromatic rings. The van der Waals surface area contributed by atoms with Crippen LogP contribution in [0.15, 0.2) is 70.6 Å².